The van der Waals surface area contributed by atoms with Crippen molar-refractivity contribution in [3.05, 3.63) is 18.2 Å². The van der Waals surface area contributed by atoms with Gasteiger partial charge in [-0.05, 0) is 0 Å². The van der Waals surface area contributed by atoms with Gasteiger partial charge in [0.15, 0.2) is 0 Å². The quantitative estimate of drug-likeness (QED) is 0.594. The average Bonchev–Trinajstić information content (AvgIpc) is 2.12. The summed E-state index contributed by atoms with van der Waals surface area (Å²) in [6.07, 6.45) is 0. The average molecular weight is 251 g/mol. The van der Waals surface area contributed by atoms with Gasteiger partial charge >= 0.3 is 17.9 Å². The van der Waals surface area contributed by atoms with E-state index in [4.69, 9.17) is 14.2 Å². The Kier molecular flexibility index (Phi) is 4.42. The third-order valence-corrected chi connectivity index (χ3v) is 1.56. The normalized spacial score (nSPS) is 9.50. The zero-order chi connectivity index (χ0) is 13.7. The van der Waals surface area contributed by atoms with Gasteiger partial charge in [0.05, 0.1) is 6.07 Å². The highest BCUT2D eigenvalue weighted by Gasteiger charge is 2.09. The van der Waals surface area contributed by atoms with Crippen LogP contribution in [0, 0.1) is 6.07 Å². The molecule has 6 heteroatoms. The molecule has 0 saturated carbocycles. The van der Waals surface area contributed by atoms with Gasteiger partial charge in [0.25, 0.3) is 0 Å². The summed E-state index contributed by atoms with van der Waals surface area (Å²) < 4.78 is 14.4. The first-order chi connectivity index (χ1) is 8.36. The summed E-state index contributed by atoms with van der Waals surface area (Å²) in [6.45, 7) is 3.63. The number of carbonyl (C=O) groups is 3. The molecular weight excluding hydrogens is 240 g/mol. The second kappa shape index (κ2) is 5.81. The van der Waals surface area contributed by atoms with E-state index in [2.05, 4.69) is 6.07 Å². The van der Waals surface area contributed by atoms with Crippen LogP contribution in [0.4, 0.5) is 0 Å². The molecule has 0 atom stereocenters. The Morgan fingerprint density at radius 3 is 1.56 bits per heavy atom. The van der Waals surface area contributed by atoms with E-state index in [1.54, 1.807) is 0 Å². The molecule has 1 rings (SSSR count). The molecule has 18 heavy (non-hydrogen) atoms. The molecule has 0 fully saturated rings. The maximum Gasteiger partial charge on any atom is 0.308 e. The van der Waals surface area contributed by atoms with E-state index in [9.17, 15) is 14.4 Å². The lowest BCUT2D eigenvalue weighted by atomic mass is 10.3. The van der Waals surface area contributed by atoms with Crippen LogP contribution in [0.5, 0.6) is 17.2 Å². The Hall–Kier alpha value is -2.37. The first-order valence-corrected chi connectivity index (χ1v) is 4.99. The summed E-state index contributed by atoms with van der Waals surface area (Å²) in [5, 5.41) is 0. The number of benzene rings is 1. The number of hydrogen-bond acceptors (Lipinski definition) is 6. The molecule has 0 aliphatic heterocycles. The molecule has 0 unspecified atom stereocenters. The van der Waals surface area contributed by atoms with Gasteiger partial charge in [0, 0.05) is 32.9 Å². The van der Waals surface area contributed by atoms with Crippen LogP contribution in [-0.4, -0.2) is 17.9 Å². The molecule has 0 aliphatic rings. The third kappa shape index (κ3) is 4.65. The van der Waals surface area contributed by atoms with Gasteiger partial charge in [-0.3, -0.25) is 14.4 Å². The highest BCUT2D eigenvalue weighted by atomic mass is 16.6. The smallest absolute Gasteiger partial charge is 0.308 e. The topological polar surface area (TPSA) is 78.9 Å². The molecule has 0 bridgehead atoms. The summed E-state index contributed by atoms with van der Waals surface area (Å²) in [5.41, 5.74) is 0. The summed E-state index contributed by atoms with van der Waals surface area (Å²) in [5.74, 6) is -1.60. The maximum absolute atomic E-state index is 10.8. The van der Waals surface area contributed by atoms with Crippen LogP contribution < -0.4 is 14.2 Å². The number of rotatable bonds is 3. The SMILES string of the molecule is CC(=O)Oc1[c]c(OC(C)=O)cc(OC(C)=O)c1. The van der Waals surface area contributed by atoms with Crippen molar-refractivity contribution in [3.8, 4) is 17.2 Å². The van der Waals surface area contributed by atoms with E-state index < -0.39 is 17.9 Å². The Labute approximate surface area is 103 Å². The predicted molar refractivity (Wildman–Crippen MR) is 59.2 cm³/mol. The number of hydrogen-bond donors (Lipinski definition) is 0. The van der Waals surface area contributed by atoms with Gasteiger partial charge in [-0.25, -0.2) is 0 Å². The van der Waals surface area contributed by atoms with Gasteiger partial charge in [-0.2, -0.15) is 0 Å². The van der Waals surface area contributed by atoms with Crippen molar-refractivity contribution in [1.82, 2.24) is 0 Å². The summed E-state index contributed by atoms with van der Waals surface area (Å²) in [7, 11) is 0. The Bertz CT molecular complexity index is 408. The number of carbonyl (C=O) groups excluding carboxylic acids is 3. The Balaban J connectivity index is 3.06. The minimum absolute atomic E-state index is 0.00231. The molecule has 0 amide bonds. The van der Waals surface area contributed by atoms with Gasteiger partial charge in [-0.1, -0.05) is 0 Å². The lowest BCUT2D eigenvalue weighted by Crippen LogP contribution is -2.06. The fraction of sp³-hybridized carbons (Fsp3) is 0.250. The van der Waals surface area contributed by atoms with Crippen molar-refractivity contribution in [3.63, 3.8) is 0 Å². The Morgan fingerprint density at radius 2 is 1.22 bits per heavy atom. The fourth-order valence-corrected chi connectivity index (χ4v) is 1.14. The van der Waals surface area contributed by atoms with E-state index in [1.807, 2.05) is 0 Å². The molecule has 95 valence electrons. The van der Waals surface area contributed by atoms with Crippen LogP contribution in [-0.2, 0) is 14.4 Å². The number of esters is 3. The van der Waals surface area contributed by atoms with Crippen LogP contribution in [0.25, 0.3) is 0 Å². The van der Waals surface area contributed by atoms with Crippen LogP contribution >= 0.6 is 0 Å². The van der Waals surface area contributed by atoms with Crippen molar-refractivity contribution in [1.29, 1.82) is 0 Å². The van der Waals surface area contributed by atoms with Crippen molar-refractivity contribution in [2.24, 2.45) is 0 Å². The first-order valence-electron chi connectivity index (χ1n) is 4.99. The van der Waals surface area contributed by atoms with Gasteiger partial charge < -0.3 is 14.2 Å². The van der Waals surface area contributed by atoms with Crippen LogP contribution in [0.15, 0.2) is 12.1 Å². The van der Waals surface area contributed by atoms with Crippen molar-refractivity contribution in [2.75, 3.05) is 0 Å². The van der Waals surface area contributed by atoms with Crippen LogP contribution in [0.2, 0.25) is 0 Å². The molecule has 0 aromatic heterocycles. The largest absolute Gasteiger partial charge is 0.426 e. The monoisotopic (exact) mass is 251 g/mol. The van der Waals surface area contributed by atoms with E-state index >= 15 is 0 Å². The van der Waals surface area contributed by atoms with Crippen molar-refractivity contribution < 1.29 is 28.6 Å². The molecule has 0 heterocycles. The molecule has 6 nitrogen and oxygen atoms in total. The van der Waals surface area contributed by atoms with E-state index in [-0.39, 0.29) is 17.2 Å². The van der Waals surface area contributed by atoms with Gasteiger partial charge in [0.2, 0.25) is 0 Å². The molecule has 1 radical (unpaired) electrons. The van der Waals surface area contributed by atoms with Gasteiger partial charge in [0.1, 0.15) is 17.2 Å². The maximum atomic E-state index is 10.8. The summed E-state index contributed by atoms with van der Waals surface area (Å²) >= 11 is 0. The highest BCUT2D eigenvalue weighted by Crippen LogP contribution is 2.27. The fourth-order valence-electron chi connectivity index (χ4n) is 1.14. The van der Waals surface area contributed by atoms with E-state index in [0.717, 1.165) is 0 Å². The molecule has 0 saturated heterocycles. The molecule has 0 N–H and O–H groups in total. The standard InChI is InChI=1S/C12H11O6/c1-7(13)16-10-4-11(17-8(2)14)6-12(5-10)18-9(3)15/h4-5H,1-3H3. The molecule has 1 aromatic rings. The Morgan fingerprint density at radius 1 is 0.833 bits per heavy atom. The highest BCUT2D eigenvalue weighted by molar-refractivity contribution is 5.73. The zero-order valence-electron chi connectivity index (χ0n) is 10.1. The lowest BCUT2D eigenvalue weighted by molar-refractivity contribution is -0.132. The van der Waals surface area contributed by atoms with Crippen molar-refractivity contribution >= 4 is 17.9 Å². The molecular formula is C12H11O6. The van der Waals surface area contributed by atoms with E-state index in [1.165, 1.54) is 32.9 Å². The zero-order valence-corrected chi connectivity index (χ0v) is 10.1. The summed E-state index contributed by atoms with van der Waals surface area (Å²) in [4.78, 5) is 32.5. The lowest BCUT2D eigenvalue weighted by Gasteiger charge is -2.08. The first kappa shape index (κ1) is 13.7. The van der Waals surface area contributed by atoms with Crippen LogP contribution in [0.3, 0.4) is 0 Å². The van der Waals surface area contributed by atoms with Crippen LogP contribution in [0.1, 0.15) is 20.8 Å². The van der Waals surface area contributed by atoms with Gasteiger partial charge in [-0.15, -0.1) is 0 Å². The minimum atomic E-state index is -0.569. The predicted octanol–water partition coefficient (Wildman–Crippen LogP) is 1.26. The minimum Gasteiger partial charge on any atom is -0.426 e. The second-order valence-electron chi connectivity index (χ2n) is 3.33. The second-order valence-corrected chi connectivity index (χ2v) is 3.33. The molecule has 1 aromatic carbocycles. The number of ether oxygens (including phenoxy) is 3. The van der Waals surface area contributed by atoms with Crippen molar-refractivity contribution in [2.45, 2.75) is 20.8 Å². The molecule has 0 aliphatic carbocycles. The van der Waals surface area contributed by atoms with E-state index in [0.29, 0.717) is 0 Å². The third-order valence-electron chi connectivity index (χ3n) is 1.56. The molecule has 0 spiro atoms. The summed E-state index contributed by atoms with van der Waals surface area (Å²) in [6, 6.07) is 5.12.